The van der Waals surface area contributed by atoms with E-state index in [9.17, 15) is 0 Å². The summed E-state index contributed by atoms with van der Waals surface area (Å²) in [6.45, 7) is 9.76. The summed E-state index contributed by atoms with van der Waals surface area (Å²) in [5.41, 5.74) is 3.95. The van der Waals surface area contributed by atoms with Gasteiger partial charge in [0.15, 0.2) is 0 Å². The van der Waals surface area contributed by atoms with Crippen LogP contribution >= 0.6 is 0 Å². The molecule has 0 aliphatic rings. The fourth-order valence-corrected chi connectivity index (χ4v) is 1.90. The molecule has 0 radical (unpaired) electrons. The number of H-pyrrole nitrogens is 1. The minimum absolute atomic E-state index is 0.181. The van der Waals surface area contributed by atoms with Crippen molar-refractivity contribution in [2.24, 2.45) is 0 Å². The number of hydrogen-bond donors (Lipinski definition) is 2. The van der Waals surface area contributed by atoms with Gasteiger partial charge in [-0.05, 0) is 19.4 Å². The summed E-state index contributed by atoms with van der Waals surface area (Å²) in [5, 5.41) is 10.6. The van der Waals surface area contributed by atoms with Gasteiger partial charge >= 0.3 is 0 Å². The van der Waals surface area contributed by atoms with Crippen LogP contribution in [-0.2, 0) is 11.8 Å². The molecule has 0 aromatic carbocycles. The van der Waals surface area contributed by atoms with Crippen LogP contribution < -0.4 is 5.32 Å². The van der Waals surface area contributed by atoms with Crippen molar-refractivity contribution in [2.75, 3.05) is 13.6 Å². The van der Waals surface area contributed by atoms with Crippen LogP contribution in [0, 0.1) is 6.92 Å². The highest BCUT2D eigenvalue weighted by molar-refractivity contribution is 5.31. The van der Waals surface area contributed by atoms with Crippen molar-refractivity contribution >= 4 is 0 Å². The summed E-state index contributed by atoms with van der Waals surface area (Å²) < 4.78 is 0. The van der Waals surface area contributed by atoms with E-state index in [2.05, 4.69) is 43.2 Å². The zero-order chi connectivity index (χ0) is 10.8. The van der Waals surface area contributed by atoms with E-state index in [1.165, 1.54) is 17.0 Å². The molecule has 0 aliphatic carbocycles. The number of likely N-dealkylation sites (N-methyl/N-ethyl adjacent to an activating group) is 1. The molecule has 0 saturated heterocycles. The van der Waals surface area contributed by atoms with Crippen LogP contribution in [0.2, 0.25) is 0 Å². The van der Waals surface area contributed by atoms with Crippen molar-refractivity contribution in [1.29, 1.82) is 0 Å². The van der Waals surface area contributed by atoms with E-state index >= 15 is 0 Å². The maximum Gasteiger partial charge on any atom is 0.0674 e. The molecule has 2 N–H and O–H groups in total. The molecular weight excluding hydrogens is 174 g/mol. The zero-order valence-electron chi connectivity index (χ0n) is 9.86. The van der Waals surface area contributed by atoms with E-state index in [0.717, 1.165) is 13.0 Å². The zero-order valence-corrected chi connectivity index (χ0v) is 9.86. The Bertz CT molecular complexity index is 294. The summed E-state index contributed by atoms with van der Waals surface area (Å²) in [7, 11) is 1.97. The Hall–Kier alpha value is -0.830. The predicted octanol–water partition coefficient (Wildman–Crippen LogP) is 1.78. The van der Waals surface area contributed by atoms with E-state index in [1.807, 2.05) is 7.05 Å². The van der Waals surface area contributed by atoms with E-state index in [1.54, 1.807) is 0 Å². The largest absolute Gasteiger partial charge is 0.319 e. The second kappa shape index (κ2) is 4.13. The van der Waals surface area contributed by atoms with Gasteiger partial charge in [-0.15, -0.1) is 0 Å². The highest BCUT2D eigenvalue weighted by atomic mass is 15.1. The van der Waals surface area contributed by atoms with Gasteiger partial charge in [-0.25, -0.2) is 0 Å². The van der Waals surface area contributed by atoms with Crippen LogP contribution in [0.1, 0.15) is 37.7 Å². The van der Waals surface area contributed by atoms with Crippen LogP contribution in [0.4, 0.5) is 0 Å². The molecule has 3 nitrogen and oxygen atoms in total. The van der Waals surface area contributed by atoms with Gasteiger partial charge in [0.25, 0.3) is 0 Å². The smallest absolute Gasteiger partial charge is 0.0674 e. The predicted molar refractivity (Wildman–Crippen MR) is 59.7 cm³/mol. The Balaban J connectivity index is 2.95. The summed E-state index contributed by atoms with van der Waals surface area (Å²) in [5.74, 6) is 0. The summed E-state index contributed by atoms with van der Waals surface area (Å²) in [6, 6.07) is 0. The first-order valence-electron chi connectivity index (χ1n) is 5.15. The summed E-state index contributed by atoms with van der Waals surface area (Å²) in [6.07, 6.45) is 0.993. The first kappa shape index (κ1) is 11.2. The lowest BCUT2D eigenvalue weighted by atomic mass is 9.84. The van der Waals surface area contributed by atoms with Crippen LogP contribution in [0.5, 0.6) is 0 Å². The fourth-order valence-electron chi connectivity index (χ4n) is 1.90. The molecule has 1 heterocycles. The second-order valence-electron chi connectivity index (χ2n) is 4.77. The molecule has 0 unspecified atom stereocenters. The Kier molecular flexibility index (Phi) is 3.32. The Morgan fingerprint density at radius 2 is 2.00 bits per heavy atom. The molecule has 0 saturated carbocycles. The van der Waals surface area contributed by atoms with Crippen LogP contribution in [0.15, 0.2) is 0 Å². The minimum Gasteiger partial charge on any atom is -0.319 e. The average Bonchev–Trinajstić information content (AvgIpc) is 2.42. The molecule has 0 atom stereocenters. The van der Waals surface area contributed by atoms with Crippen molar-refractivity contribution < 1.29 is 0 Å². The Labute approximate surface area is 86.3 Å². The van der Waals surface area contributed by atoms with Gasteiger partial charge in [-0.3, -0.25) is 5.10 Å². The molecule has 0 amide bonds. The van der Waals surface area contributed by atoms with Crippen LogP contribution in [-0.4, -0.2) is 23.8 Å². The molecular formula is C11H21N3. The third-order valence-corrected chi connectivity index (χ3v) is 2.38. The lowest BCUT2D eigenvalue weighted by molar-refractivity contribution is 0.576. The van der Waals surface area contributed by atoms with Crippen LogP contribution in [0.3, 0.4) is 0 Å². The number of hydrogen-bond acceptors (Lipinski definition) is 2. The lowest BCUT2D eigenvalue weighted by Crippen LogP contribution is -2.17. The van der Waals surface area contributed by atoms with Gasteiger partial charge in [0, 0.05) is 24.2 Å². The number of aromatic nitrogens is 2. The molecule has 1 rings (SSSR count). The highest BCUT2D eigenvalue weighted by Gasteiger charge is 2.22. The standard InChI is InChI=1S/C11H21N3/c1-8-10(11(2,3)4)9(14-13-8)6-7-12-5/h12H,6-7H2,1-5H3,(H,13,14). The Morgan fingerprint density at radius 1 is 1.36 bits per heavy atom. The quantitative estimate of drug-likeness (QED) is 0.772. The second-order valence-corrected chi connectivity index (χ2v) is 4.77. The van der Waals surface area contributed by atoms with Crippen LogP contribution in [0.25, 0.3) is 0 Å². The van der Waals surface area contributed by atoms with Gasteiger partial charge in [0.1, 0.15) is 0 Å². The molecule has 0 aliphatic heterocycles. The molecule has 0 fully saturated rings. The van der Waals surface area contributed by atoms with E-state index < -0.39 is 0 Å². The molecule has 0 bridgehead atoms. The lowest BCUT2D eigenvalue weighted by Gasteiger charge is -2.19. The SMILES string of the molecule is CNCCc1n[nH]c(C)c1C(C)(C)C. The molecule has 3 heteroatoms. The molecule has 80 valence electrons. The molecule has 1 aromatic heterocycles. The third kappa shape index (κ3) is 2.35. The van der Waals surface area contributed by atoms with E-state index in [4.69, 9.17) is 0 Å². The van der Waals surface area contributed by atoms with Gasteiger partial charge < -0.3 is 5.32 Å². The third-order valence-electron chi connectivity index (χ3n) is 2.38. The first-order valence-corrected chi connectivity index (χ1v) is 5.15. The fraction of sp³-hybridized carbons (Fsp3) is 0.727. The topological polar surface area (TPSA) is 40.7 Å². The number of aryl methyl sites for hydroxylation is 1. The first-order chi connectivity index (χ1) is 6.46. The van der Waals surface area contributed by atoms with Gasteiger partial charge in [0.05, 0.1) is 5.69 Å². The monoisotopic (exact) mass is 195 g/mol. The van der Waals surface area contributed by atoms with E-state index in [0.29, 0.717) is 0 Å². The normalized spacial score (nSPS) is 12.1. The van der Waals surface area contributed by atoms with E-state index in [-0.39, 0.29) is 5.41 Å². The highest BCUT2D eigenvalue weighted by Crippen LogP contribution is 2.27. The average molecular weight is 195 g/mol. The summed E-state index contributed by atoms with van der Waals surface area (Å²) in [4.78, 5) is 0. The van der Waals surface area contributed by atoms with Crippen molar-refractivity contribution in [3.05, 3.63) is 17.0 Å². The number of nitrogens with one attached hydrogen (secondary N) is 2. The summed E-state index contributed by atoms with van der Waals surface area (Å²) >= 11 is 0. The van der Waals surface area contributed by atoms with Crippen molar-refractivity contribution in [3.63, 3.8) is 0 Å². The van der Waals surface area contributed by atoms with Crippen molar-refractivity contribution in [1.82, 2.24) is 15.5 Å². The number of nitrogens with zero attached hydrogens (tertiary/aromatic N) is 1. The van der Waals surface area contributed by atoms with Gasteiger partial charge in [-0.1, -0.05) is 20.8 Å². The maximum absolute atomic E-state index is 4.35. The van der Waals surface area contributed by atoms with Gasteiger partial charge in [0.2, 0.25) is 0 Å². The van der Waals surface area contributed by atoms with Crippen molar-refractivity contribution in [3.8, 4) is 0 Å². The number of rotatable bonds is 3. The number of aromatic amines is 1. The van der Waals surface area contributed by atoms with Crippen molar-refractivity contribution in [2.45, 2.75) is 39.5 Å². The molecule has 14 heavy (non-hydrogen) atoms. The maximum atomic E-state index is 4.35. The molecule has 1 aromatic rings. The minimum atomic E-state index is 0.181. The molecule has 0 spiro atoms. The Morgan fingerprint density at radius 3 is 2.50 bits per heavy atom. The van der Waals surface area contributed by atoms with Gasteiger partial charge in [-0.2, -0.15) is 5.10 Å².